The van der Waals surface area contributed by atoms with Crippen molar-refractivity contribution in [3.05, 3.63) is 28.8 Å². The van der Waals surface area contributed by atoms with Gasteiger partial charge in [-0.2, -0.15) is 0 Å². The van der Waals surface area contributed by atoms with Gasteiger partial charge in [0, 0.05) is 23.9 Å². The lowest BCUT2D eigenvalue weighted by Gasteiger charge is -2.12. The summed E-state index contributed by atoms with van der Waals surface area (Å²) < 4.78 is 31.5. The van der Waals surface area contributed by atoms with Crippen LogP contribution in [-0.2, 0) is 19.6 Å². The second-order valence-electron chi connectivity index (χ2n) is 5.20. The molecule has 1 heterocycles. The molecule has 0 saturated carbocycles. The number of rotatable bonds is 6. The second kappa shape index (κ2) is 7.41. The molecule has 1 aromatic rings. The molecule has 2 N–H and O–H groups in total. The molecule has 0 unspecified atom stereocenters. The Morgan fingerprint density at radius 1 is 1.45 bits per heavy atom. The summed E-state index contributed by atoms with van der Waals surface area (Å²) in [6.07, 6.45) is 1.66. The van der Waals surface area contributed by atoms with Gasteiger partial charge in [-0.25, -0.2) is 13.1 Å². The van der Waals surface area contributed by atoms with E-state index in [4.69, 9.17) is 16.3 Å². The standard InChI is InChI=1S/C14H19ClN2O4S/c1-10-12(15)5-2-6-13(10)17-14(18)9-22(19,20)16-8-11-4-3-7-21-11/h2,5-6,11,16H,3-4,7-9H2,1H3,(H,17,18)/t11-/m0/s1. The topological polar surface area (TPSA) is 84.5 Å². The second-order valence-corrected chi connectivity index (χ2v) is 7.42. The highest BCUT2D eigenvalue weighted by Gasteiger charge is 2.21. The van der Waals surface area contributed by atoms with Gasteiger partial charge in [0.1, 0.15) is 5.75 Å². The predicted molar refractivity (Wildman–Crippen MR) is 85.6 cm³/mol. The minimum Gasteiger partial charge on any atom is -0.377 e. The number of halogens is 1. The monoisotopic (exact) mass is 346 g/mol. The Morgan fingerprint density at radius 2 is 2.23 bits per heavy atom. The molecule has 1 aliphatic heterocycles. The van der Waals surface area contributed by atoms with Crippen molar-refractivity contribution in [2.45, 2.75) is 25.9 Å². The average molecular weight is 347 g/mol. The number of carbonyl (C=O) groups is 1. The molecule has 6 nitrogen and oxygen atoms in total. The average Bonchev–Trinajstić information content (AvgIpc) is 2.94. The maximum Gasteiger partial charge on any atom is 0.241 e. The fourth-order valence-corrected chi connectivity index (χ4v) is 3.31. The first-order chi connectivity index (χ1) is 10.4. The van der Waals surface area contributed by atoms with Crippen LogP contribution in [0.5, 0.6) is 0 Å². The fraction of sp³-hybridized carbons (Fsp3) is 0.500. The Bertz CT molecular complexity index is 642. The SMILES string of the molecule is Cc1c(Cl)cccc1NC(=O)CS(=O)(=O)NC[C@@H]1CCCO1. The molecule has 8 heteroatoms. The number of carbonyl (C=O) groups excluding carboxylic acids is 1. The van der Waals surface area contributed by atoms with Crippen LogP contribution in [0.2, 0.25) is 5.02 Å². The number of hydrogen-bond acceptors (Lipinski definition) is 4. The Labute approximate surface area is 135 Å². The molecule has 1 amide bonds. The van der Waals surface area contributed by atoms with Crippen LogP contribution < -0.4 is 10.0 Å². The van der Waals surface area contributed by atoms with E-state index >= 15 is 0 Å². The maximum absolute atomic E-state index is 11.9. The predicted octanol–water partition coefficient (Wildman–Crippen LogP) is 1.69. The van der Waals surface area contributed by atoms with Crippen LogP contribution in [0.25, 0.3) is 0 Å². The van der Waals surface area contributed by atoms with Gasteiger partial charge in [0.05, 0.1) is 6.10 Å². The van der Waals surface area contributed by atoms with Gasteiger partial charge in [-0.1, -0.05) is 17.7 Å². The highest BCUT2D eigenvalue weighted by molar-refractivity contribution is 7.90. The minimum absolute atomic E-state index is 0.104. The van der Waals surface area contributed by atoms with Crippen LogP contribution in [0, 0.1) is 6.92 Å². The minimum atomic E-state index is -3.69. The van der Waals surface area contributed by atoms with E-state index in [2.05, 4.69) is 10.0 Å². The molecule has 1 aromatic carbocycles. The Hall–Kier alpha value is -1.15. The summed E-state index contributed by atoms with van der Waals surface area (Å²) in [5.74, 6) is -1.24. The number of ether oxygens (including phenoxy) is 1. The van der Waals surface area contributed by atoms with Crippen LogP contribution in [0.3, 0.4) is 0 Å². The van der Waals surface area contributed by atoms with Crippen molar-refractivity contribution >= 4 is 33.2 Å². The molecule has 0 aromatic heterocycles. The van der Waals surface area contributed by atoms with Gasteiger partial charge in [0.15, 0.2) is 0 Å². The molecular weight excluding hydrogens is 328 g/mol. The summed E-state index contributed by atoms with van der Waals surface area (Å²) in [7, 11) is -3.69. The summed E-state index contributed by atoms with van der Waals surface area (Å²) in [6, 6.07) is 5.06. The summed E-state index contributed by atoms with van der Waals surface area (Å²) in [4.78, 5) is 11.9. The van der Waals surface area contributed by atoms with E-state index in [1.54, 1.807) is 25.1 Å². The summed E-state index contributed by atoms with van der Waals surface area (Å²) in [6.45, 7) is 2.61. The summed E-state index contributed by atoms with van der Waals surface area (Å²) in [5, 5.41) is 3.07. The van der Waals surface area contributed by atoms with Crippen molar-refractivity contribution in [2.75, 3.05) is 24.2 Å². The lowest BCUT2D eigenvalue weighted by molar-refractivity contribution is -0.113. The van der Waals surface area contributed by atoms with Gasteiger partial charge >= 0.3 is 0 Å². The highest BCUT2D eigenvalue weighted by atomic mass is 35.5. The molecule has 0 spiro atoms. The molecule has 1 aliphatic rings. The molecule has 2 rings (SSSR count). The molecule has 0 bridgehead atoms. The van der Waals surface area contributed by atoms with Crippen LogP contribution in [0.15, 0.2) is 18.2 Å². The van der Waals surface area contributed by atoms with Crippen LogP contribution in [0.1, 0.15) is 18.4 Å². The third-order valence-corrected chi connectivity index (χ3v) is 5.08. The van der Waals surface area contributed by atoms with Crippen LogP contribution in [-0.4, -0.2) is 39.3 Å². The fourth-order valence-electron chi connectivity index (χ4n) is 2.18. The van der Waals surface area contributed by atoms with Crippen molar-refractivity contribution in [1.29, 1.82) is 0 Å². The van der Waals surface area contributed by atoms with E-state index in [1.165, 1.54) is 0 Å². The van der Waals surface area contributed by atoms with Crippen LogP contribution >= 0.6 is 11.6 Å². The maximum atomic E-state index is 11.9. The number of anilines is 1. The van der Waals surface area contributed by atoms with Gasteiger partial charge in [0.2, 0.25) is 15.9 Å². The van der Waals surface area contributed by atoms with E-state index in [-0.39, 0.29) is 12.6 Å². The van der Waals surface area contributed by atoms with Crippen molar-refractivity contribution in [2.24, 2.45) is 0 Å². The number of benzene rings is 1. The normalized spacial score (nSPS) is 18.4. The molecule has 22 heavy (non-hydrogen) atoms. The van der Waals surface area contributed by atoms with Gasteiger partial charge in [-0.05, 0) is 37.5 Å². The molecule has 122 valence electrons. The smallest absolute Gasteiger partial charge is 0.241 e. The molecule has 1 atom stereocenters. The number of sulfonamides is 1. The Kier molecular flexibility index (Phi) is 5.80. The molecule has 1 fully saturated rings. The zero-order chi connectivity index (χ0) is 16.2. The lowest BCUT2D eigenvalue weighted by Crippen LogP contribution is -2.37. The highest BCUT2D eigenvalue weighted by Crippen LogP contribution is 2.22. The van der Waals surface area contributed by atoms with Gasteiger partial charge in [0.25, 0.3) is 0 Å². The Balaban J connectivity index is 1.88. The molecule has 0 aliphatic carbocycles. The quantitative estimate of drug-likeness (QED) is 0.820. The number of nitrogens with one attached hydrogen (secondary N) is 2. The van der Waals surface area contributed by atoms with E-state index < -0.39 is 21.7 Å². The first-order valence-corrected chi connectivity index (χ1v) is 9.04. The van der Waals surface area contributed by atoms with Gasteiger partial charge < -0.3 is 10.1 Å². The van der Waals surface area contributed by atoms with Crippen molar-refractivity contribution in [3.63, 3.8) is 0 Å². The van der Waals surface area contributed by atoms with Crippen molar-refractivity contribution in [3.8, 4) is 0 Å². The Morgan fingerprint density at radius 3 is 2.91 bits per heavy atom. The van der Waals surface area contributed by atoms with Crippen LogP contribution in [0.4, 0.5) is 5.69 Å². The number of amides is 1. The first-order valence-electron chi connectivity index (χ1n) is 7.01. The lowest BCUT2D eigenvalue weighted by atomic mass is 10.2. The summed E-state index contributed by atoms with van der Waals surface area (Å²) >= 11 is 5.96. The van der Waals surface area contributed by atoms with Crippen molar-refractivity contribution < 1.29 is 17.9 Å². The molecule has 1 saturated heterocycles. The van der Waals surface area contributed by atoms with E-state index in [1.807, 2.05) is 0 Å². The molecular formula is C14H19ClN2O4S. The van der Waals surface area contributed by atoms with E-state index in [9.17, 15) is 13.2 Å². The van der Waals surface area contributed by atoms with E-state index in [0.717, 1.165) is 12.8 Å². The van der Waals surface area contributed by atoms with E-state index in [0.29, 0.717) is 22.9 Å². The zero-order valence-electron chi connectivity index (χ0n) is 12.3. The largest absolute Gasteiger partial charge is 0.377 e. The zero-order valence-corrected chi connectivity index (χ0v) is 13.8. The molecule has 0 radical (unpaired) electrons. The van der Waals surface area contributed by atoms with Gasteiger partial charge in [-0.3, -0.25) is 4.79 Å². The first kappa shape index (κ1) is 17.2. The third kappa shape index (κ3) is 4.95. The van der Waals surface area contributed by atoms with Crippen molar-refractivity contribution in [1.82, 2.24) is 4.72 Å². The van der Waals surface area contributed by atoms with Gasteiger partial charge in [-0.15, -0.1) is 0 Å². The summed E-state index contributed by atoms with van der Waals surface area (Å²) in [5.41, 5.74) is 1.20. The third-order valence-electron chi connectivity index (χ3n) is 3.42. The number of hydrogen-bond donors (Lipinski definition) is 2.